The van der Waals surface area contributed by atoms with Crippen LogP contribution < -0.4 is 20.1 Å². The number of anilines is 2. The summed E-state index contributed by atoms with van der Waals surface area (Å²) in [5.41, 5.74) is 0.106. The average Bonchev–Trinajstić information content (AvgIpc) is 2.68. The molecule has 2 aromatic carbocycles. The maximum absolute atomic E-state index is 14.2. The number of carbonyl (C=O) groups is 1. The van der Waals surface area contributed by atoms with E-state index in [1.54, 1.807) is 45.9 Å². The Balaban J connectivity index is 1.86. The molecule has 0 aliphatic rings. The lowest BCUT2D eigenvalue weighted by Crippen LogP contribution is -2.40. The molecule has 0 aliphatic carbocycles. The summed E-state index contributed by atoms with van der Waals surface area (Å²) in [6.45, 7) is 6.97. The number of benzene rings is 2. The van der Waals surface area contributed by atoms with Crippen molar-refractivity contribution in [1.82, 2.24) is 15.3 Å². The van der Waals surface area contributed by atoms with E-state index in [1.165, 1.54) is 25.6 Å². The minimum atomic E-state index is -0.709. The van der Waals surface area contributed by atoms with E-state index in [0.717, 1.165) is 0 Å². The maximum Gasteiger partial charge on any atom is 0.410 e. The van der Waals surface area contributed by atoms with Crippen molar-refractivity contribution in [3.05, 3.63) is 47.5 Å². The number of hydrogen-bond donors (Lipinski definition) is 2. The molecule has 0 fully saturated rings. The van der Waals surface area contributed by atoms with Crippen molar-refractivity contribution in [2.45, 2.75) is 39.5 Å². The minimum absolute atomic E-state index is 0.212. The Morgan fingerprint density at radius 2 is 1.91 bits per heavy atom. The first-order chi connectivity index (χ1) is 15.1. The van der Waals surface area contributed by atoms with Crippen LogP contribution in [0.3, 0.4) is 0 Å². The number of halogens is 2. The van der Waals surface area contributed by atoms with Gasteiger partial charge in [-0.3, -0.25) is 5.32 Å². The predicted octanol–water partition coefficient (Wildman–Crippen LogP) is 5.42. The molecular weight excluding hydrogens is 439 g/mol. The summed E-state index contributed by atoms with van der Waals surface area (Å²) >= 11 is 5.82. The number of fused-ring (bicyclic) bond motifs is 1. The normalized spacial score (nSPS) is 12.2. The van der Waals surface area contributed by atoms with E-state index in [-0.39, 0.29) is 10.7 Å². The smallest absolute Gasteiger partial charge is 0.410 e. The molecule has 170 valence electrons. The van der Waals surface area contributed by atoms with Crippen molar-refractivity contribution in [1.29, 1.82) is 0 Å². The molecule has 0 aliphatic heterocycles. The first-order valence-electron chi connectivity index (χ1n) is 9.76. The first-order valence-corrected chi connectivity index (χ1v) is 10.1. The van der Waals surface area contributed by atoms with Gasteiger partial charge in [0.05, 0.1) is 18.3 Å². The van der Waals surface area contributed by atoms with Crippen molar-refractivity contribution < 1.29 is 23.4 Å². The lowest BCUT2D eigenvalue weighted by Gasteiger charge is -2.23. The number of rotatable bonds is 6. The van der Waals surface area contributed by atoms with Gasteiger partial charge in [-0.05, 0) is 52.0 Å². The fraction of sp³-hybridized carbons (Fsp3) is 0.318. The number of carbonyl (C=O) groups excluding carboxylic acids is 1. The van der Waals surface area contributed by atoms with Gasteiger partial charge in [0, 0.05) is 16.5 Å². The van der Waals surface area contributed by atoms with Gasteiger partial charge in [-0.1, -0.05) is 11.6 Å². The zero-order valence-electron chi connectivity index (χ0n) is 18.3. The molecule has 1 aromatic heterocycles. The van der Waals surface area contributed by atoms with Gasteiger partial charge in [0.2, 0.25) is 0 Å². The summed E-state index contributed by atoms with van der Waals surface area (Å²) in [7, 11) is 1.48. The van der Waals surface area contributed by atoms with E-state index in [4.69, 9.17) is 25.8 Å². The number of ether oxygens (including phenoxy) is 3. The van der Waals surface area contributed by atoms with Gasteiger partial charge < -0.3 is 19.5 Å². The van der Waals surface area contributed by atoms with Crippen LogP contribution in [0.1, 0.15) is 27.7 Å². The molecule has 32 heavy (non-hydrogen) atoms. The Hall–Kier alpha value is -3.33. The summed E-state index contributed by atoms with van der Waals surface area (Å²) in [5, 5.41) is 6.42. The number of nitrogens with zero attached hydrogens (tertiary/aromatic N) is 2. The van der Waals surface area contributed by atoms with Crippen molar-refractivity contribution in [3.8, 4) is 11.5 Å². The molecule has 1 amide bonds. The fourth-order valence-corrected chi connectivity index (χ4v) is 2.99. The van der Waals surface area contributed by atoms with Crippen LogP contribution in [-0.4, -0.2) is 35.0 Å². The quantitative estimate of drug-likeness (QED) is 0.472. The highest BCUT2D eigenvalue weighted by Crippen LogP contribution is 2.35. The van der Waals surface area contributed by atoms with Crippen LogP contribution in [0.25, 0.3) is 10.9 Å². The lowest BCUT2D eigenvalue weighted by molar-refractivity contribution is 0.0412. The topological polar surface area (TPSA) is 94.6 Å². The van der Waals surface area contributed by atoms with E-state index < -0.39 is 23.7 Å². The van der Waals surface area contributed by atoms with Crippen LogP contribution in [-0.2, 0) is 4.74 Å². The van der Waals surface area contributed by atoms with E-state index in [2.05, 4.69) is 20.6 Å². The number of hydrogen-bond acceptors (Lipinski definition) is 7. The van der Waals surface area contributed by atoms with Gasteiger partial charge in [-0.25, -0.2) is 19.2 Å². The maximum atomic E-state index is 14.2. The summed E-state index contributed by atoms with van der Waals surface area (Å²) in [6.07, 6.45) is 0.0271. The number of alkyl carbamates (subject to hydrolysis) is 1. The van der Waals surface area contributed by atoms with Crippen LogP contribution in [0.15, 0.2) is 36.7 Å². The molecule has 0 radical (unpaired) electrons. The largest absolute Gasteiger partial charge is 0.493 e. The third-order valence-electron chi connectivity index (χ3n) is 4.13. The van der Waals surface area contributed by atoms with E-state index >= 15 is 0 Å². The van der Waals surface area contributed by atoms with Crippen LogP contribution in [0.4, 0.5) is 20.7 Å². The molecule has 0 saturated carbocycles. The van der Waals surface area contributed by atoms with E-state index in [9.17, 15) is 9.18 Å². The van der Waals surface area contributed by atoms with Crippen molar-refractivity contribution in [3.63, 3.8) is 0 Å². The van der Waals surface area contributed by atoms with Crippen LogP contribution in [0.5, 0.6) is 11.5 Å². The fourth-order valence-electron chi connectivity index (χ4n) is 2.83. The highest BCUT2D eigenvalue weighted by Gasteiger charge is 2.20. The Labute approximate surface area is 190 Å². The van der Waals surface area contributed by atoms with Gasteiger partial charge in [-0.15, -0.1) is 0 Å². The second-order valence-corrected chi connectivity index (χ2v) is 8.33. The first kappa shape index (κ1) is 23.3. The monoisotopic (exact) mass is 462 g/mol. The molecule has 0 bridgehead atoms. The van der Waals surface area contributed by atoms with Crippen molar-refractivity contribution >= 4 is 40.1 Å². The third-order valence-corrected chi connectivity index (χ3v) is 4.36. The molecule has 1 heterocycles. The van der Waals surface area contributed by atoms with Gasteiger partial charge >= 0.3 is 6.09 Å². The van der Waals surface area contributed by atoms with Crippen LogP contribution in [0.2, 0.25) is 5.02 Å². The molecule has 3 rings (SSSR count). The Morgan fingerprint density at radius 1 is 1.16 bits per heavy atom. The molecule has 0 spiro atoms. The molecule has 1 atom stereocenters. The zero-order chi connectivity index (χ0) is 23.5. The molecule has 0 saturated heterocycles. The van der Waals surface area contributed by atoms with Crippen LogP contribution >= 0.6 is 11.6 Å². The van der Waals surface area contributed by atoms with Gasteiger partial charge in [-0.2, -0.15) is 0 Å². The highest BCUT2D eigenvalue weighted by atomic mass is 35.5. The summed E-state index contributed by atoms with van der Waals surface area (Å²) in [6, 6.07) is 7.61. The minimum Gasteiger partial charge on any atom is -0.493 e. The highest BCUT2D eigenvalue weighted by molar-refractivity contribution is 6.30. The molecular formula is C22H24ClFN4O4. The summed E-state index contributed by atoms with van der Waals surface area (Å²) < 4.78 is 30.7. The Kier molecular flexibility index (Phi) is 6.88. The number of nitrogens with one attached hydrogen (secondary N) is 2. The molecule has 8 nitrogen and oxygen atoms in total. The number of methoxy groups -OCH3 is 1. The third kappa shape index (κ3) is 5.88. The van der Waals surface area contributed by atoms with Crippen molar-refractivity contribution in [2.24, 2.45) is 0 Å². The summed E-state index contributed by atoms with van der Waals surface area (Å²) in [5.74, 6) is 0.592. The standard InChI is InChI=1S/C22H24ClFN4O4/c1-12(27-21(29)32-22(2,3)4)31-19-10-17-14(9-18(19)30-5)20(26-11-25-17)28-16-7-6-13(23)8-15(16)24/h6-12H,1-5H3,(H,27,29)(H,25,26,28). The second kappa shape index (κ2) is 9.44. The summed E-state index contributed by atoms with van der Waals surface area (Å²) in [4.78, 5) is 20.5. The Bertz CT molecular complexity index is 1140. The SMILES string of the molecule is COc1cc2c(Nc3ccc(Cl)cc3F)ncnc2cc1OC(C)NC(=O)OC(C)(C)C. The molecule has 3 aromatic rings. The zero-order valence-corrected chi connectivity index (χ0v) is 19.1. The predicted molar refractivity (Wildman–Crippen MR) is 120 cm³/mol. The number of aromatic nitrogens is 2. The van der Waals surface area contributed by atoms with Crippen molar-refractivity contribution in [2.75, 3.05) is 12.4 Å². The molecule has 2 N–H and O–H groups in total. The Morgan fingerprint density at radius 3 is 2.56 bits per heavy atom. The van der Waals surface area contributed by atoms with Gasteiger partial charge in [0.25, 0.3) is 0 Å². The lowest BCUT2D eigenvalue weighted by atomic mass is 10.2. The average molecular weight is 463 g/mol. The number of amides is 1. The van der Waals surface area contributed by atoms with Gasteiger partial charge in [0.15, 0.2) is 17.7 Å². The van der Waals surface area contributed by atoms with E-state index in [1.807, 2.05) is 0 Å². The molecule has 1 unspecified atom stereocenters. The van der Waals surface area contributed by atoms with E-state index in [0.29, 0.717) is 28.2 Å². The van der Waals surface area contributed by atoms with Gasteiger partial charge in [0.1, 0.15) is 23.6 Å². The van der Waals surface area contributed by atoms with Crippen LogP contribution in [0, 0.1) is 5.82 Å². The second-order valence-electron chi connectivity index (χ2n) is 7.90. The molecule has 10 heteroatoms.